The third kappa shape index (κ3) is 4.39. The van der Waals surface area contributed by atoms with E-state index in [9.17, 15) is 4.79 Å². The van der Waals surface area contributed by atoms with Crippen LogP contribution in [0, 0.1) is 5.92 Å². The molecule has 2 fully saturated rings. The normalized spacial score (nSPS) is 22.7. The fourth-order valence-corrected chi connectivity index (χ4v) is 5.70. The number of fused-ring (bicyclic) bond motifs is 1. The van der Waals surface area contributed by atoms with Crippen LogP contribution < -0.4 is 0 Å². The van der Waals surface area contributed by atoms with Gasteiger partial charge in [-0.3, -0.25) is 4.79 Å². The molecule has 0 saturated carbocycles. The van der Waals surface area contributed by atoms with E-state index in [1.165, 1.54) is 22.9 Å². The van der Waals surface area contributed by atoms with Crippen LogP contribution >= 0.6 is 0 Å². The molecule has 6 nitrogen and oxygen atoms in total. The molecule has 6 rings (SSSR count). The van der Waals surface area contributed by atoms with Gasteiger partial charge in [-0.2, -0.15) is 5.10 Å². The Kier molecular flexibility index (Phi) is 5.90. The summed E-state index contributed by atoms with van der Waals surface area (Å²) in [4.78, 5) is 15.0. The van der Waals surface area contributed by atoms with E-state index in [1.54, 1.807) is 0 Å². The zero-order valence-corrected chi connectivity index (χ0v) is 20.2. The van der Waals surface area contributed by atoms with Crippen molar-refractivity contribution in [2.45, 2.75) is 51.4 Å². The molecule has 0 aliphatic carbocycles. The maximum Gasteiger partial charge on any atom is 0.254 e. The summed E-state index contributed by atoms with van der Waals surface area (Å²) in [5.41, 5.74) is 4.30. The lowest BCUT2D eigenvalue weighted by molar-refractivity contribution is -0.0394. The summed E-state index contributed by atoms with van der Waals surface area (Å²) in [6.07, 6.45) is 10.7. The number of rotatable bonds is 5. The molecule has 3 atom stereocenters. The molecular formula is C29H32N4O2. The van der Waals surface area contributed by atoms with Crippen molar-refractivity contribution < 1.29 is 9.53 Å². The van der Waals surface area contributed by atoms with E-state index in [2.05, 4.69) is 53.2 Å². The molecule has 2 saturated heterocycles. The number of ether oxygens (including phenoxy) is 1. The quantitative estimate of drug-likeness (QED) is 0.374. The van der Waals surface area contributed by atoms with Gasteiger partial charge in [0.25, 0.3) is 5.91 Å². The van der Waals surface area contributed by atoms with Crippen LogP contribution in [-0.2, 0) is 11.3 Å². The number of hydrogen-bond donors (Lipinski definition) is 0. The average molecular weight is 469 g/mol. The van der Waals surface area contributed by atoms with Crippen LogP contribution in [0.1, 0.15) is 49.2 Å². The molecule has 3 unspecified atom stereocenters. The van der Waals surface area contributed by atoms with E-state index in [0.29, 0.717) is 5.92 Å². The van der Waals surface area contributed by atoms with Crippen molar-refractivity contribution in [3.05, 3.63) is 78.8 Å². The highest BCUT2D eigenvalue weighted by molar-refractivity contribution is 5.94. The van der Waals surface area contributed by atoms with Gasteiger partial charge in [0.2, 0.25) is 0 Å². The van der Waals surface area contributed by atoms with Crippen molar-refractivity contribution in [2.75, 3.05) is 13.2 Å². The predicted octanol–water partition coefficient (Wildman–Crippen LogP) is 5.75. The second kappa shape index (κ2) is 9.34. The van der Waals surface area contributed by atoms with Crippen molar-refractivity contribution in [1.29, 1.82) is 0 Å². The van der Waals surface area contributed by atoms with Crippen molar-refractivity contribution in [3.8, 4) is 11.1 Å². The van der Waals surface area contributed by atoms with Gasteiger partial charge >= 0.3 is 0 Å². The third-order valence-electron chi connectivity index (χ3n) is 7.55. The Hall–Kier alpha value is -3.38. The topological polar surface area (TPSA) is 52.3 Å². The molecule has 0 N–H and O–H groups in total. The average Bonchev–Trinajstić information content (AvgIpc) is 3.64. The van der Waals surface area contributed by atoms with Gasteiger partial charge in [-0.1, -0.05) is 24.3 Å². The first-order valence-electron chi connectivity index (χ1n) is 12.8. The van der Waals surface area contributed by atoms with Crippen molar-refractivity contribution in [3.63, 3.8) is 0 Å². The molecule has 2 aromatic heterocycles. The first-order chi connectivity index (χ1) is 17.2. The summed E-state index contributed by atoms with van der Waals surface area (Å²) in [6, 6.07) is 18.7. The fraction of sp³-hybridized carbons (Fsp3) is 0.379. The Morgan fingerprint density at radius 2 is 1.97 bits per heavy atom. The molecule has 0 bridgehead atoms. The Labute approximate surface area is 206 Å². The molecule has 0 radical (unpaired) electrons. The summed E-state index contributed by atoms with van der Waals surface area (Å²) >= 11 is 0. The van der Waals surface area contributed by atoms with Crippen LogP contribution in [0.2, 0.25) is 0 Å². The zero-order chi connectivity index (χ0) is 23.8. The van der Waals surface area contributed by atoms with E-state index in [4.69, 9.17) is 4.74 Å². The SMILES string of the molecule is CC1CC(Cn2ccc3cc(-c4cnn(C5CCCCO5)c4)ccc32)CN1C(=O)c1ccccc1. The number of aromatic nitrogens is 3. The van der Waals surface area contributed by atoms with E-state index in [0.717, 1.165) is 50.1 Å². The van der Waals surface area contributed by atoms with Gasteiger partial charge in [0.05, 0.1) is 6.20 Å². The number of carbonyl (C=O) groups is 1. The number of hydrogen-bond acceptors (Lipinski definition) is 3. The minimum Gasteiger partial charge on any atom is -0.357 e. The summed E-state index contributed by atoms with van der Waals surface area (Å²) in [5.74, 6) is 0.587. The molecule has 4 aromatic rings. The van der Waals surface area contributed by atoms with Gasteiger partial charge < -0.3 is 14.2 Å². The molecular weight excluding hydrogens is 436 g/mol. The van der Waals surface area contributed by atoms with Crippen molar-refractivity contribution in [1.82, 2.24) is 19.2 Å². The largest absolute Gasteiger partial charge is 0.357 e. The molecule has 180 valence electrons. The van der Waals surface area contributed by atoms with Gasteiger partial charge in [0.15, 0.2) is 0 Å². The number of carbonyl (C=O) groups excluding carboxylic acids is 1. The predicted molar refractivity (Wildman–Crippen MR) is 137 cm³/mol. The van der Waals surface area contributed by atoms with Gasteiger partial charge in [-0.15, -0.1) is 0 Å². The van der Waals surface area contributed by atoms with Crippen LogP contribution in [0.25, 0.3) is 22.0 Å². The summed E-state index contributed by atoms with van der Waals surface area (Å²) in [5, 5.41) is 5.80. The van der Waals surface area contributed by atoms with E-state index < -0.39 is 0 Å². The Morgan fingerprint density at radius 1 is 1.09 bits per heavy atom. The van der Waals surface area contributed by atoms with Crippen LogP contribution in [0.4, 0.5) is 0 Å². The number of nitrogens with zero attached hydrogens (tertiary/aromatic N) is 4. The lowest BCUT2D eigenvalue weighted by Crippen LogP contribution is -2.34. The zero-order valence-electron chi connectivity index (χ0n) is 20.2. The fourth-order valence-electron chi connectivity index (χ4n) is 5.70. The van der Waals surface area contributed by atoms with Crippen molar-refractivity contribution in [2.24, 2.45) is 5.92 Å². The van der Waals surface area contributed by atoms with Crippen molar-refractivity contribution >= 4 is 16.8 Å². The van der Waals surface area contributed by atoms with E-state index in [1.807, 2.05) is 46.1 Å². The standard InChI is InChI=1S/C29H32N4O2/c1-21-15-22(19-32(21)29(34)23-7-3-2-4-8-23)18-31-13-12-25-16-24(10-11-27(25)31)26-17-30-33(20-26)28-9-5-6-14-35-28/h2-4,7-8,10-13,16-17,20-22,28H,5-6,9,14-15,18-19H2,1H3. The van der Waals surface area contributed by atoms with E-state index in [-0.39, 0.29) is 18.2 Å². The lowest BCUT2D eigenvalue weighted by atomic mass is 10.1. The minimum atomic E-state index is 0.0597. The second-order valence-electron chi connectivity index (χ2n) is 10.0. The van der Waals surface area contributed by atoms with Crippen LogP contribution in [-0.4, -0.2) is 44.3 Å². The summed E-state index contributed by atoms with van der Waals surface area (Å²) < 4.78 is 10.2. The number of benzene rings is 2. The summed E-state index contributed by atoms with van der Waals surface area (Å²) in [6.45, 7) is 4.70. The molecule has 2 aliphatic rings. The van der Waals surface area contributed by atoms with Gasteiger partial charge in [-0.25, -0.2) is 4.68 Å². The highest BCUT2D eigenvalue weighted by Crippen LogP contribution is 2.30. The maximum absolute atomic E-state index is 13.0. The molecule has 0 spiro atoms. The first kappa shape index (κ1) is 22.1. The van der Waals surface area contributed by atoms with Crippen LogP contribution in [0.3, 0.4) is 0 Å². The van der Waals surface area contributed by atoms with Gasteiger partial charge in [0, 0.05) is 60.2 Å². The third-order valence-corrected chi connectivity index (χ3v) is 7.55. The Bertz CT molecular complexity index is 1320. The monoisotopic (exact) mass is 468 g/mol. The molecule has 2 aliphatic heterocycles. The molecule has 6 heteroatoms. The smallest absolute Gasteiger partial charge is 0.254 e. The maximum atomic E-state index is 13.0. The van der Waals surface area contributed by atoms with Crippen LogP contribution in [0.5, 0.6) is 0 Å². The summed E-state index contributed by atoms with van der Waals surface area (Å²) in [7, 11) is 0. The highest BCUT2D eigenvalue weighted by atomic mass is 16.5. The van der Waals surface area contributed by atoms with Gasteiger partial charge in [0.1, 0.15) is 6.23 Å². The van der Waals surface area contributed by atoms with Crippen LogP contribution in [0.15, 0.2) is 73.2 Å². The molecule has 1 amide bonds. The lowest BCUT2D eigenvalue weighted by Gasteiger charge is -2.22. The van der Waals surface area contributed by atoms with Gasteiger partial charge in [-0.05, 0) is 74.4 Å². The number of amides is 1. The number of likely N-dealkylation sites (tertiary alicyclic amines) is 1. The molecule has 35 heavy (non-hydrogen) atoms. The molecule has 2 aromatic carbocycles. The highest BCUT2D eigenvalue weighted by Gasteiger charge is 2.33. The first-order valence-corrected chi connectivity index (χ1v) is 12.8. The van der Waals surface area contributed by atoms with E-state index >= 15 is 0 Å². The Morgan fingerprint density at radius 3 is 2.80 bits per heavy atom. The Balaban J connectivity index is 1.16. The second-order valence-corrected chi connectivity index (χ2v) is 10.0. The molecule has 4 heterocycles. The minimum absolute atomic E-state index is 0.0597.